The van der Waals surface area contributed by atoms with E-state index in [0.29, 0.717) is 4.47 Å². The summed E-state index contributed by atoms with van der Waals surface area (Å²) in [5, 5.41) is 2.52. The molecule has 0 fully saturated rings. The van der Waals surface area contributed by atoms with Gasteiger partial charge in [0, 0.05) is 10.5 Å². The van der Waals surface area contributed by atoms with Gasteiger partial charge in [-0.15, -0.1) is 0 Å². The summed E-state index contributed by atoms with van der Waals surface area (Å²) >= 11 is 3.03. The number of halogens is 2. The molecule has 5 nitrogen and oxygen atoms in total. The molecule has 0 saturated heterocycles. The van der Waals surface area contributed by atoms with Crippen molar-refractivity contribution in [1.82, 2.24) is 10.0 Å². The van der Waals surface area contributed by atoms with Crippen LogP contribution >= 0.6 is 15.9 Å². The van der Waals surface area contributed by atoms with Crippen molar-refractivity contribution in [2.75, 3.05) is 6.54 Å². The first kappa shape index (κ1) is 16.1. The molecule has 0 bridgehead atoms. The minimum Gasteiger partial charge on any atom is -0.353 e. The smallest absolute Gasteiger partial charge is 0.243 e. The molecule has 1 aromatic rings. The van der Waals surface area contributed by atoms with Gasteiger partial charge in [0.1, 0.15) is 10.7 Å². The van der Waals surface area contributed by atoms with Crippen molar-refractivity contribution in [2.45, 2.75) is 24.8 Å². The molecular weight excluding hydrogens is 339 g/mol. The van der Waals surface area contributed by atoms with Gasteiger partial charge < -0.3 is 5.32 Å². The lowest BCUT2D eigenvalue weighted by atomic mass is 10.3. The van der Waals surface area contributed by atoms with Gasteiger partial charge in [-0.3, -0.25) is 4.79 Å². The van der Waals surface area contributed by atoms with Crippen LogP contribution in [0.1, 0.15) is 13.8 Å². The van der Waals surface area contributed by atoms with Crippen LogP contribution in [0.2, 0.25) is 0 Å². The van der Waals surface area contributed by atoms with E-state index in [1.807, 2.05) is 4.72 Å². The maximum atomic E-state index is 13.5. The van der Waals surface area contributed by atoms with Gasteiger partial charge in [0.15, 0.2) is 0 Å². The number of hydrogen-bond donors (Lipinski definition) is 2. The van der Waals surface area contributed by atoms with E-state index in [1.165, 1.54) is 6.07 Å². The summed E-state index contributed by atoms with van der Waals surface area (Å²) in [6.45, 7) is 3.07. The second kappa shape index (κ2) is 6.44. The van der Waals surface area contributed by atoms with Gasteiger partial charge in [0.25, 0.3) is 0 Å². The molecule has 1 amide bonds. The minimum absolute atomic E-state index is 0.0959. The monoisotopic (exact) mass is 352 g/mol. The van der Waals surface area contributed by atoms with Gasteiger partial charge in [-0.1, -0.05) is 15.9 Å². The zero-order valence-electron chi connectivity index (χ0n) is 10.4. The van der Waals surface area contributed by atoms with Gasteiger partial charge >= 0.3 is 0 Å². The molecular formula is C11H14BrFN2O3S. The van der Waals surface area contributed by atoms with E-state index in [9.17, 15) is 17.6 Å². The van der Waals surface area contributed by atoms with E-state index in [4.69, 9.17) is 0 Å². The van der Waals surface area contributed by atoms with Gasteiger partial charge in [-0.2, -0.15) is 0 Å². The lowest BCUT2D eigenvalue weighted by Gasteiger charge is -2.10. The topological polar surface area (TPSA) is 75.3 Å². The Balaban J connectivity index is 2.79. The molecule has 106 valence electrons. The summed E-state index contributed by atoms with van der Waals surface area (Å²) in [6.07, 6.45) is 0. The third-order valence-electron chi connectivity index (χ3n) is 2.06. The van der Waals surface area contributed by atoms with E-state index < -0.39 is 33.2 Å². The summed E-state index contributed by atoms with van der Waals surface area (Å²) < 4.78 is 39.6. The summed E-state index contributed by atoms with van der Waals surface area (Å²) in [5.41, 5.74) is 0. The van der Waals surface area contributed by atoms with E-state index in [1.54, 1.807) is 13.8 Å². The fourth-order valence-electron chi connectivity index (χ4n) is 1.30. The predicted molar refractivity (Wildman–Crippen MR) is 72.6 cm³/mol. The van der Waals surface area contributed by atoms with Crippen LogP contribution in [0.5, 0.6) is 0 Å². The van der Waals surface area contributed by atoms with Crippen LogP contribution in [0.4, 0.5) is 4.39 Å². The standard InChI is InChI=1S/C11H14BrFN2O3S/c1-7(2)15-11(16)6-14-19(17,18)10-4-3-8(12)5-9(10)13/h3-5,7,14H,6H2,1-2H3,(H,15,16). The Bertz CT molecular complexity index is 575. The first-order chi connectivity index (χ1) is 8.72. The second-order valence-electron chi connectivity index (χ2n) is 4.12. The summed E-state index contributed by atoms with van der Waals surface area (Å²) in [6, 6.07) is 3.48. The Morgan fingerprint density at radius 2 is 2.05 bits per heavy atom. The van der Waals surface area contributed by atoms with Gasteiger partial charge in [-0.05, 0) is 32.0 Å². The molecule has 0 aromatic heterocycles. The quantitative estimate of drug-likeness (QED) is 0.840. The Kier molecular flexibility index (Phi) is 5.45. The number of amides is 1. The van der Waals surface area contributed by atoms with Gasteiger partial charge in [0.2, 0.25) is 15.9 Å². The molecule has 2 N–H and O–H groups in total. The number of sulfonamides is 1. The van der Waals surface area contributed by atoms with Crippen molar-refractivity contribution in [3.05, 3.63) is 28.5 Å². The molecule has 0 radical (unpaired) electrons. The highest BCUT2D eigenvalue weighted by Crippen LogP contribution is 2.18. The van der Waals surface area contributed by atoms with Crippen molar-refractivity contribution in [3.8, 4) is 0 Å². The maximum Gasteiger partial charge on any atom is 0.243 e. The third-order valence-corrected chi connectivity index (χ3v) is 3.98. The van der Waals surface area contributed by atoms with Gasteiger partial charge in [0.05, 0.1) is 6.54 Å². The maximum absolute atomic E-state index is 13.5. The number of nitrogens with one attached hydrogen (secondary N) is 2. The molecule has 0 atom stereocenters. The molecule has 1 aromatic carbocycles. The normalized spacial score (nSPS) is 11.6. The fraction of sp³-hybridized carbons (Fsp3) is 0.364. The lowest BCUT2D eigenvalue weighted by Crippen LogP contribution is -2.39. The Hall–Kier alpha value is -0.990. The van der Waals surface area contributed by atoms with Crippen molar-refractivity contribution in [1.29, 1.82) is 0 Å². The van der Waals surface area contributed by atoms with Crippen LogP contribution in [0.15, 0.2) is 27.6 Å². The third kappa shape index (κ3) is 4.88. The largest absolute Gasteiger partial charge is 0.353 e. The van der Waals surface area contributed by atoms with Crippen molar-refractivity contribution in [3.63, 3.8) is 0 Å². The molecule has 0 unspecified atom stereocenters. The average Bonchev–Trinajstić information content (AvgIpc) is 2.25. The minimum atomic E-state index is -4.05. The molecule has 0 heterocycles. The van der Waals surface area contributed by atoms with Crippen molar-refractivity contribution in [2.24, 2.45) is 0 Å². The fourth-order valence-corrected chi connectivity index (χ4v) is 2.68. The molecule has 0 aliphatic heterocycles. The van der Waals surface area contributed by atoms with Crippen molar-refractivity contribution < 1.29 is 17.6 Å². The molecule has 0 aliphatic rings. The summed E-state index contributed by atoms with van der Waals surface area (Å²) in [4.78, 5) is 10.8. The molecule has 0 saturated carbocycles. The zero-order valence-corrected chi connectivity index (χ0v) is 12.8. The van der Waals surface area contributed by atoms with E-state index in [2.05, 4.69) is 21.2 Å². The Morgan fingerprint density at radius 1 is 1.42 bits per heavy atom. The molecule has 1 rings (SSSR count). The predicted octanol–water partition coefficient (Wildman–Crippen LogP) is 1.39. The second-order valence-corrected chi connectivity index (χ2v) is 6.77. The number of benzene rings is 1. The first-order valence-electron chi connectivity index (χ1n) is 5.46. The number of rotatable bonds is 5. The zero-order chi connectivity index (χ0) is 14.6. The summed E-state index contributed by atoms with van der Waals surface area (Å²) in [7, 11) is -4.05. The number of hydrogen-bond acceptors (Lipinski definition) is 3. The number of carbonyl (C=O) groups is 1. The van der Waals surface area contributed by atoms with E-state index in [-0.39, 0.29) is 6.04 Å². The van der Waals surface area contributed by atoms with Crippen LogP contribution in [0, 0.1) is 5.82 Å². The highest BCUT2D eigenvalue weighted by atomic mass is 79.9. The highest BCUT2D eigenvalue weighted by Gasteiger charge is 2.20. The Labute approximate surface area is 119 Å². The molecule has 0 aliphatic carbocycles. The highest BCUT2D eigenvalue weighted by molar-refractivity contribution is 9.10. The lowest BCUT2D eigenvalue weighted by molar-refractivity contribution is -0.120. The van der Waals surface area contributed by atoms with Crippen LogP contribution < -0.4 is 10.0 Å². The summed E-state index contributed by atoms with van der Waals surface area (Å²) in [5.74, 6) is -1.36. The van der Waals surface area contributed by atoms with Crippen LogP contribution in [-0.4, -0.2) is 26.9 Å². The SMILES string of the molecule is CC(C)NC(=O)CNS(=O)(=O)c1ccc(Br)cc1F. The van der Waals surface area contributed by atoms with Crippen molar-refractivity contribution >= 4 is 31.9 Å². The van der Waals surface area contributed by atoms with E-state index in [0.717, 1.165) is 12.1 Å². The van der Waals surface area contributed by atoms with Crippen LogP contribution in [0.3, 0.4) is 0 Å². The first-order valence-corrected chi connectivity index (χ1v) is 7.74. The average molecular weight is 353 g/mol. The molecule has 0 spiro atoms. The number of carbonyl (C=O) groups excluding carboxylic acids is 1. The molecule has 8 heteroatoms. The van der Waals surface area contributed by atoms with Crippen LogP contribution in [0.25, 0.3) is 0 Å². The van der Waals surface area contributed by atoms with Crippen LogP contribution in [-0.2, 0) is 14.8 Å². The molecule has 19 heavy (non-hydrogen) atoms. The van der Waals surface area contributed by atoms with Gasteiger partial charge in [-0.25, -0.2) is 17.5 Å². The Morgan fingerprint density at radius 3 is 2.58 bits per heavy atom. The van der Waals surface area contributed by atoms with E-state index >= 15 is 0 Å².